The molecule has 1 saturated heterocycles. The number of carbonyl (C=O) groups excluding carboxylic acids is 1. The van der Waals surface area contributed by atoms with Gasteiger partial charge in [-0.25, -0.2) is 0 Å². The number of carbonyl (C=O) groups is 1. The molecule has 1 fully saturated rings. The first kappa shape index (κ1) is 17.8. The highest BCUT2D eigenvalue weighted by Gasteiger charge is 2.35. The fraction of sp³-hybridized carbons (Fsp3) is 0.350. The third kappa shape index (κ3) is 3.97. The lowest BCUT2D eigenvalue weighted by molar-refractivity contribution is -0.132. The summed E-state index contributed by atoms with van der Waals surface area (Å²) < 4.78 is 5.69. The predicted octanol–water partition coefficient (Wildman–Crippen LogP) is 3.23. The summed E-state index contributed by atoms with van der Waals surface area (Å²) in [6.07, 6.45) is 0. The van der Waals surface area contributed by atoms with Crippen molar-refractivity contribution in [3.8, 4) is 5.75 Å². The molecule has 1 amide bonds. The van der Waals surface area contributed by atoms with Gasteiger partial charge in [0.2, 0.25) is 0 Å². The number of nitrogens with two attached hydrogens (primary N) is 1. The number of ether oxygens (including phenoxy) is 1. The summed E-state index contributed by atoms with van der Waals surface area (Å²) in [6.45, 7) is 3.82. The Morgan fingerprint density at radius 3 is 2.68 bits per heavy atom. The molecule has 5 heteroatoms. The molecule has 0 radical (unpaired) electrons. The average Bonchev–Trinajstić information content (AvgIpc) is 3.08. The Morgan fingerprint density at radius 1 is 1.20 bits per heavy atom. The number of likely N-dealkylation sites (tertiary alicyclic amines) is 1. The van der Waals surface area contributed by atoms with E-state index >= 15 is 0 Å². The minimum Gasteiger partial charge on any atom is -0.483 e. The number of halogens is 1. The van der Waals surface area contributed by atoms with E-state index in [1.165, 1.54) is 5.56 Å². The van der Waals surface area contributed by atoms with Crippen LogP contribution in [0.2, 0.25) is 5.02 Å². The maximum absolute atomic E-state index is 12.6. The van der Waals surface area contributed by atoms with Gasteiger partial charge in [-0.3, -0.25) is 4.79 Å². The lowest BCUT2D eigenvalue weighted by Crippen LogP contribution is -2.33. The van der Waals surface area contributed by atoms with Crippen LogP contribution in [-0.2, 0) is 4.79 Å². The van der Waals surface area contributed by atoms with Crippen LogP contribution >= 0.6 is 11.6 Å². The Kier molecular flexibility index (Phi) is 5.61. The Balaban J connectivity index is 1.64. The van der Waals surface area contributed by atoms with E-state index < -0.39 is 0 Å². The van der Waals surface area contributed by atoms with Gasteiger partial charge in [-0.05, 0) is 37.1 Å². The molecule has 25 heavy (non-hydrogen) atoms. The van der Waals surface area contributed by atoms with Crippen molar-refractivity contribution in [3.05, 3.63) is 64.7 Å². The third-order valence-corrected chi connectivity index (χ3v) is 5.30. The Hall–Kier alpha value is -2.04. The summed E-state index contributed by atoms with van der Waals surface area (Å²) >= 11 is 6.09. The minimum atomic E-state index is -0.0174. The molecule has 132 valence electrons. The number of hydrogen-bond donors (Lipinski definition) is 1. The highest BCUT2D eigenvalue weighted by molar-refractivity contribution is 6.31. The van der Waals surface area contributed by atoms with Gasteiger partial charge in [0.05, 0.1) is 0 Å². The van der Waals surface area contributed by atoms with Gasteiger partial charge in [0.15, 0.2) is 6.61 Å². The van der Waals surface area contributed by atoms with Crippen LogP contribution in [-0.4, -0.2) is 37.0 Å². The molecule has 2 aromatic carbocycles. The Labute approximate surface area is 153 Å². The molecule has 0 unspecified atom stereocenters. The maximum Gasteiger partial charge on any atom is 0.260 e. The smallest absolute Gasteiger partial charge is 0.260 e. The topological polar surface area (TPSA) is 55.6 Å². The molecule has 1 aliphatic heterocycles. The molecule has 0 spiro atoms. The van der Waals surface area contributed by atoms with Crippen molar-refractivity contribution >= 4 is 17.5 Å². The van der Waals surface area contributed by atoms with E-state index in [1.807, 2.05) is 48.2 Å². The number of benzene rings is 2. The summed E-state index contributed by atoms with van der Waals surface area (Å²) in [5.41, 5.74) is 8.03. The van der Waals surface area contributed by atoms with E-state index in [0.29, 0.717) is 30.4 Å². The number of nitrogens with zero attached hydrogens (tertiary/aromatic N) is 1. The van der Waals surface area contributed by atoms with Crippen LogP contribution in [0.5, 0.6) is 5.75 Å². The second kappa shape index (κ2) is 7.89. The van der Waals surface area contributed by atoms with Crippen LogP contribution in [0.1, 0.15) is 17.0 Å². The summed E-state index contributed by atoms with van der Waals surface area (Å²) in [7, 11) is 0. The van der Waals surface area contributed by atoms with Gasteiger partial charge in [0.1, 0.15) is 5.75 Å². The van der Waals surface area contributed by atoms with Gasteiger partial charge < -0.3 is 15.4 Å². The predicted molar refractivity (Wildman–Crippen MR) is 100.0 cm³/mol. The standard InChI is InChI=1S/C20H23ClN2O2/c1-14-18(21)8-5-9-19(14)25-13-20(24)23-11-16(10-22)17(12-23)15-6-3-2-4-7-15/h2-9,16-17H,10-13,22H2,1H3/t16-,17+/m1/s1. The molecule has 0 saturated carbocycles. The molecular weight excluding hydrogens is 336 g/mol. The van der Waals surface area contributed by atoms with Crippen LogP contribution < -0.4 is 10.5 Å². The monoisotopic (exact) mass is 358 g/mol. The fourth-order valence-electron chi connectivity index (χ4n) is 3.37. The zero-order valence-corrected chi connectivity index (χ0v) is 15.1. The van der Waals surface area contributed by atoms with Crippen molar-refractivity contribution < 1.29 is 9.53 Å². The molecule has 1 aliphatic rings. The lowest BCUT2D eigenvalue weighted by Gasteiger charge is -2.17. The largest absolute Gasteiger partial charge is 0.483 e. The van der Waals surface area contributed by atoms with Crippen LogP contribution in [0.25, 0.3) is 0 Å². The number of hydrogen-bond acceptors (Lipinski definition) is 3. The zero-order chi connectivity index (χ0) is 17.8. The molecule has 4 nitrogen and oxygen atoms in total. The molecule has 2 aromatic rings. The molecule has 0 bridgehead atoms. The first-order valence-electron chi connectivity index (χ1n) is 8.51. The quantitative estimate of drug-likeness (QED) is 0.892. The molecule has 2 N–H and O–H groups in total. The minimum absolute atomic E-state index is 0.0139. The molecular formula is C20H23ClN2O2. The number of amides is 1. The first-order chi connectivity index (χ1) is 12.1. The Bertz CT molecular complexity index is 736. The van der Waals surface area contributed by atoms with Crippen molar-refractivity contribution in [2.45, 2.75) is 12.8 Å². The van der Waals surface area contributed by atoms with Crippen molar-refractivity contribution in [2.24, 2.45) is 11.7 Å². The van der Waals surface area contributed by atoms with Gasteiger partial charge in [-0.15, -0.1) is 0 Å². The molecule has 0 aromatic heterocycles. The van der Waals surface area contributed by atoms with Gasteiger partial charge in [-0.2, -0.15) is 0 Å². The summed E-state index contributed by atoms with van der Waals surface area (Å²) in [4.78, 5) is 14.4. The van der Waals surface area contributed by atoms with E-state index in [0.717, 1.165) is 5.56 Å². The molecule has 2 atom stereocenters. The van der Waals surface area contributed by atoms with Crippen LogP contribution in [0.15, 0.2) is 48.5 Å². The third-order valence-electron chi connectivity index (χ3n) is 4.89. The summed E-state index contributed by atoms with van der Waals surface area (Å²) in [5, 5.41) is 0.637. The highest BCUT2D eigenvalue weighted by atomic mass is 35.5. The Morgan fingerprint density at radius 2 is 1.96 bits per heavy atom. The van der Waals surface area contributed by atoms with Gasteiger partial charge in [-0.1, -0.05) is 48.0 Å². The molecule has 3 rings (SSSR count). The normalized spacial score (nSPS) is 19.9. The van der Waals surface area contributed by atoms with Gasteiger partial charge >= 0.3 is 0 Å². The summed E-state index contributed by atoms with van der Waals surface area (Å²) in [5.74, 6) is 1.19. The van der Waals surface area contributed by atoms with Crippen molar-refractivity contribution in [2.75, 3.05) is 26.2 Å². The maximum atomic E-state index is 12.6. The van der Waals surface area contributed by atoms with Crippen molar-refractivity contribution in [1.82, 2.24) is 4.90 Å². The molecule has 0 aliphatic carbocycles. The lowest BCUT2D eigenvalue weighted by atomic mass is 9.89. The van der Waals surface area contributed by atoms with E-state index in [2.05, 4.69) is 12.1 Å². The van der Waals surface area contributed by atoms with E-state index in [9.17, 15) is 4.79 Å². The fourth-order valence-corrected chi connectivity index (χ4v) is 3.53. The van der Waals surface area contributed by atoms with Crippen LogP contribution in [0.3, 0.4) is 0 Å². The second-order valence-corrected chi connectivity index (χ2v) is 6.87. The van der Waals surface area contributed by atoms with E-state index in [1.54, 1.807) is 0 Å². The average molecular weight is 359 g/mol. The van der Waals surface area contributed by atoms with Crippen LogP contribution in [0.4, 0.5) is 0 Å². The zero-order valence-electron chi connectivity index (χ0n) is 14.3. The van der Waals surface area contributed by atoms with Gasteiger partial charge in [0, 0.05) is 29.6 Å². The van der Waals surface area contributed by atoms with Crippen LogP contribution in [0, 0.1) is 12.8 Å². The number of rotatable bonds is 5. The first-order valence-corrected chi connectivity index (χ1v) is 8.88. The summed E-state index contributed by atoms with van der Waals surface area (Å²) in [6, 6.07) is 15.7. The second-order valence-electron chi connectivity index (χ2n) is 6.46. The van der Waals surface area contributed by atoms with E-state index in [4.69, 9.17) is 22.1 Å². The highest BCUT2D eigenvalue weighted by Crippen LogP contribution is 2.32. The van der Waals surface area contributed by atoms with Gasteiger partial charge in [0.25, 0.3) is 5.91 Å². The SMILES string of the molecule is Cc1c(Cl)cccc1OCC(=O)N1C[C@@H](CN)[C@H](c2ccccc2)C1. The van der Waals surface area contributed by atoms with Crippen molar-refractivity contribution in [1.29, 1.82) is 0 Å². The van der Waals surface area contributed by atoms with E-state index in [-0.39, 0.29) is 24.3 Å². The molecule has 1 heterocycles. The van der Waals surface area contributed by atoms with Crippen molar-refractivity contribution in [3.63, 3.8) is 0 Å².